The van der Waals surface area contributed by atoms with Crippen LogP contribution in [0.15, 0.2) is 50.3 Å². The Kier molecular flexibility index (Phi) is 3.44. The molecule has 8 bridgehead atoms. The van der Waals surface area contributed by atoms with Crippen molar-refractivity contribution in [2.75, 3.05) is 0 Å². The van der Waals surface area contributed by atoms with E-state index in [1.54, 1.807) is 0 Å². The quantitative estimate of drug-likeness (QED) is 0.688. The van der Waals surface area contributed by atoms with Crippen molar-refractivity contribution in [3.8, 4) is 0 Å². The van der Waals surface area contributed by atoms with Crippen molar-refractivity contribution in [2.45, 2.75) is 77.3 Å². The summed E-state index contributed by atoms with van der Waals surface area (Å²) in [5.41, 5.74) is 7.44. The van der Waals surface area contributed by atoms with Crippen LogP contribution in [0.4, 0.5) is 0 Å². The maximum absolute atomic E-state index is 5.24. The molecule has 0 aromatic heterocycles. The molecule has 0 amide bonds. The van der Waals surface area contributed by atoms with Gasteiger partial charge in [0.1, 0.15) is 0 Å². The first-order valence-electron chi connectivity index (χ1n) is 10.0. The Labute approximate surface area is 156 Å². The molecule has 5 aliphatic heterocycles. The maximum Gasteiger partial charge on any atom is 0.0860 e. The third-order valence-corrected chi connectivity index (χ3v) is 6.94. The van der Waals surface area contributed by atoms with Crippen LogP contribution in [0.25, 0.3) is 0 Å². The summed E-state index contributed by atoms with van der Waals surface area (Å²) in [7, 11) is 0. The number of allylic oxidation sites excluding steroid dienone is 6. The largest absolute Gasteiger partial charge is 0.362 e. The third kappa shape index (κ3) is 2.53. The van der Waals surface area contributed by atoms with Gasteiger partial charge in [-0.15, -0.1) is 0 Å². The summed E-state index contributed by atoms with van der Waals surface area (Å²) >= 11 is 0. The van der Waals surface area contributed by atoms with Gasteiger partial charge in [-0.05, 0) is 75.5 Å². The van der Waals surface area contributed by atoms with Gasteiger partial charge in [-0.25, -0.2) is 0 Å². The van der Waals surface area contributed by atoms with E-state index in [9.17, 15) is 0 Å². The van der Waals surface area contributed by atoms with Crippen LogP contribution >= 0.6 is 0 Å². The second-order valence-electron chi connectivity index (χ2n) is 9.19. The Balaban J connectivity index is 1.63. The number of nitrogens with one attached hydrogen (secondary N) is 1. The molecule has 4 nitrogen and oxygen atoms in total. The second-order valence-corrected chi connectivity index (χ2v) is 9.19. The Morgan fingerprint density at radius 1 is 0.885 bits per heavy atom. The molecule has 4 heteroatoms. The molecular weight excluding hydrogens is 320 g/mol. The van der Waals surface area contributed by atoms with E-state index in [2.05, 4.69) is 44.3 Å². The highest BCUT2D eigenvalue weighted by atomic mass is 15.0. The molecule has 1 saturated heterocycles. The summed E-state index contributed by atoms with van der Waals surface area (Å²) < 4.78 is 0. The van der Waals surface area contributed by atoms with Gasteiger partial charge in [-0.1, -0.05) is 13.8 Å². The number of rotatable bonds is 0. The van der Waals surface area contributed by atoms with Crippen molar-refractivity contribution in [1.82, 2.24) is 5.32 Å². The smallest absolute Gasteiger partial charge is 0.0860 e. The van der Waals surface area contributed by atoms with Gasteiger partial charge in [0.25, 0.3) is 0 Å². The lowest BCUT2D eigenvalue weighted by Gasteiger charge is -2.39. The first kappa shape index (κ1) is 16.2. The van der Waals surface area contributed by atoms with Crippen molar-refractivity contribution in [3.63, 3.8) is 0 Å². The van der Waals surface area contributed by atoms with Gasteiger partial charge >= 0.3 is 0 Å². The standard InChI is InChI=1S/C22H28N4/c1-21(2)13-19-12-17-7-6-15(24-17)10-14-4-5-16(23-14)11-18-8-9-20(25-18)22(21,3)26-19/h10-12,20,23H,4-9,13H2,1-3H3. The normalized spacial score (nSPS) is 34.7. The first-order chi connectivity index (χ1) is 12.4. The highest BCUT2D eigenvalue weighted by molar-refractivity contribution is 6.02. The van der Waals surface area contributed by atoms with E-state index >= 15 is 0 Å². The molecule has 0 aromatic carbocycles. The van der Waals surface area contributed by atoms with Gasteiger partial charge in [-0.3, -0.25) is 15.0 Å². The highest BCUT2D eigenvalue weighted by Crippen LogP contribution is 2.49. The monoisotopic (exact) mass is 348 g/mol. The topological polar surface area (TPSA) is 49.1 Å². The van der Waals surface area contributed by atoms with Crippen LogP contribution in [-0.2, 0) is 0 Å². The highest BCUT2D eigenvalue weighted by Gasteiger charge is 2.52. The zero-order valence-corrected chi connectivity index (χ0v) is 16.1. The van der Waals surface area contributed by atoms with Gasteiger partial charge in [-0.2, -0.15) is 0 Å². The molecule has 0 saturated carbocycles. The minimum Gasteiger partial charge on any atom is -0.362 e. The first-order valence-corrected chi connectivity index (χ1v) is 10.0. The lowest BCUT2D eigenvalue weighted by Crippen LogP contribution is -2.45. The van der Waals surface area contributed by atoms with E-state index in [0.29, 0.717) is 0 Å². The molecule has 5 aliphatic rings. The maximum atomic E-state index is 5.24. The van der Waals surface area contributed by atoms with E-state index in [1.165, 1.54) is 34.2 Å². The Morgan fingerprint density at radius 2 is 1.65 bits per heavy atom. The lowest BCUT2D eigenvalue weighted by atomic mass is 9.69. The van der Waals surface area contributed by atoms with Crippen LogP contribution in [0.2, 0.25) is 0 Å². The van der Waals surface area contributed by atoms with E-state index in [4.69, 9.17) is 15.0 Å². The van der Waals surface area contributed by atoms with Crippen LogP contribution in [-0.4, -0.2) is 28.7 Å². The zero-order valence-electron chi connectivity index (χ0n) is 16.1. The number of fused-ring (bicyclic) bond motifs is 6. The summed E-state index contributed by atoms with van der Waals surface area (Å²) in [4.78, 5) is 15.3. The van der Waals surface area contributed by atoms with Gasteiger partial charge < -0.3 is 5.32 Å². The predicted molar refractivity (Wildman–Crippen MR) is 108 cm³/mol. The minimum atomic E-state index is -0.127. The van der Waals surface area contributed by atoms with Crippen molar-refractivity contribution >= 4 is 17.1 Å². The average Bonchev–Trinajstić information content (AvgIpc) is 3.31. The molecule has 1 fully saturated rings. The van der Waals surface area contributed by atoms with Crippen molar-refractivity contribution in [3.05, 3.63) is 35.3 Å². The number of hydrogen-bond acceptors (Lipinski definition) is 4. The number of hydrogen-bond donors (Lipinski definition) is 1. The Morgan fingerprint density at radius 3 is 2.46 bits per heavy atom. The molecule has 2 unspecified atom stereocenters. The van der Waals surface area contributed by atoms with Crippen molar-refractivity contribution in [2.24, 2.45) is 20.4 Å². The van der Waals surface area contributed by atoms with Crippen LogP contribution in [0, 0.1) is 5.41 Å². The summed E-state index contributed by atoms with van der Waals surface area (Å²) in [6.45, 7) is 7.03. The van der Waals surface area contributed by atoms with E-state index in [0.717, 1.165) is 44.9 Å². The second kappa shape index (κ2) is 5.51. The molecule has 5 heterocycles. The molecule has 136 valence electrons. The average molecular weight is 348 g/mol. The molecule has 5 rings (SSSR count). The molecule has 0 aliphatic carbocycles. The van der Waals surface area contributed by atoms with E-state index in [1.807, 2.05) is 0 Å². The fraction of sp³-hybridized carbons (Fsp3) is 0.591. The summed E-state index contributed by atoms with van der Waals surface area (Å²) in [6.07, 6.45) is 14.2. The van der Waals surface area contributed by atoms with Crippen LogP contribution < -0.4 is 5.32 Å². The molecule has 0 spiro atoms. The van der Waals surface area contributed by atoms with Crippen molar-refractivity contribution < 1.29 is 0 Å². The van der Waals surface area contributed by atoms with E-state index in [-0.39, 0.29) is 17.0 Å². The molecule has 0 radical (unpaired) electrons. The van der Waals surface area contributed by atoms with Crippen LogP contribution in [0.1, 0.15) is 65.7 Å². The molecule has 26 heavy (non-hydrogen) atoms. The fourth-order valence-electron chi connectivity index (χ4n) is 5.03. The molecule has 2 atom stereocenters. The van der Waals surface area contributed by atoms with E-state index < -0.39 is 0 Å². The molecule has 0 aromatic rings. The Bertz CT molecular complexity index is 849. The van der Waals surface area contributed by atoms with Gasteiger partial charge in [0.05, 0.1) is 11.6 Å². The van der Waals surface area contributed by atoms with Gasteiger partial charge in [0, 0.05) is 34.2 Å². The van der Waals surface area contributed by atoms with Crippen LogP contribution in [0.3, 0.4) is 0 Å². The number of aliphatic imine (C=N–C) groups is 3. The Hall–Kier alpha value is -1.97. The minimum absolute atomic E-state index is 0.122. The summed E-state index contributed by atoms with van der Waals surface area (Å²) in [6, 6.07) is 0.282. The molecular formula is C22H28N4. The fourth-order valence-corrected chi connectivity index (χ4v) is 5.03. The SMILES string of the molecule is CC1(C)CC2=NC1(C)C1CCC(=N1)C=C1CCC(=CC3=NC(=C2)CC3)N1. The van der Waals surface area contributed by atoms with Gasteiger partial charge in [0.2, 0.25) is 0 Å². The van der Waals surface area contributed by atoms with Gasteiger partial charge in [0.15, 0.2) is 0 Å². The molecule has 1 N–H and O–H groups in total. The third-order valence-electron chi connectivity index (χ3n) is 6.94. The zero-order chi connectivity index (χ0) is 17.9. The number of nitrogens with zero attached hydrogens (tertiary/aromatic N) is 3. The predicted octanol–water partition coefficient (Wildman–Crippen LogP) is 4.50. The summed E-state index contributed by atoms with van der Waals surface area (Å²) in [5, 5.41) is 3.60. The summed E-state index contributed by atoms with van der Waals surface area (Å²) in [5.74, 6) is 0. The lowest BCUT2D eigenvalue weighted by molar-refractivity contribution is 0.180. The van der Waals surface area contributed by atoms with Crippen molar-refractivity contribution in [1.29, 1.82) is 0 Å². The van der Waals surface area contributed by atoms with Crippen LogP contribution in [0.5, 0.6) is 0 Å².